The Bertz CT molecular complexity index is 256. The molecule has 0 bridgehead atoms. The molecule has 0 aliphatic heterocycles. The predicted molar refractivity (Wildman–Crippen MR) is 52.9 cm³/mol. The molecule has 0 fully saturated rings. The van der Waals surface area contributed by atoms with Crippen molar-refractivity contribution < 1.29 is 6.22 Å². The number of carbonyl (C=O) groups excluding carboxylic acids is 1. The number of benzene rings is 1. The Morgan fingerprint density at radius 1 is 1.50 bits per heavy atom. The minimum atomic E-state index is 0. The van der Waals surface area contributed by atoms with E-state index < -0.39 is 0 Å². The zero-order chi connectivity index (χ0) is 8.97. The van der Waals surface area contributed by atoms with Gasteiger partial charge in [0.1, 0.15) is 0 Å². The van der Waals surface area contributed by atoms with Crippen LogP contribution in [-0.2, 0) is 11.2 Å². The zero-order valence-electron chi connectivity index (χ0n) is 8.03. The molecule has 64 valence electrons. The molecule has 1 nitrogen and oxygen atoms in total. The Hall–Kier alpha value is -0.320. The van der Waals surface area contributed by atoms with Gasteiger partial charge in [-0.25, -0.2) is 0 Å². The fourth-order valence-corrected chi connectivity index (χ4v) is 1.52. The van der Waals surface area contributed by atoms with Crippen LogP contribution in [0.4, 0.5) is 0 Å². The molecule has 0 radical (unpaired) electrons. The van der Waals surface area contributed by atoms with E-state index in [1.807, 2.05) is 34.4 Å². The van der Waals surface area contributed by atoms with Crippen LogP contribution in [-0.4, -0.2) is 28.6 Å². The first kappa shape index (κ1) is 9.77. The van der Waals surface area contributed by atoms with Crippen molar-refractivity contribution in [3.05, 3.63) is 35.4 Å². The van der Waals surface area contributed by atoms with E-state index in [4.69, 9.17) is 0 Å². The standard InChI is InChI=1S/C10H12OTe/c1-8(12)10-4-2-9(3-5-10)6-7-11/h2-5,7-8,12H,6H2,1H3/p+1. The largest absolute Gasteiger partial charge is 1.00 e. The number of carbonyl (C=O) groups is 1. The molecule has 12 heavy (non-hydrogen) atoms. The average Bonchev–Trinajstić information content (AvgIpc) is 2.06. The number of aldehydes is 1. The van der Waals surface area contributed by atoms with Gasteiger partial charge >= 0.3 is 87.5 Å². The van der Waals surface area contributed by atoms with E-state index in [0.717, 1.165) is 11.8 Å². The third kappa shape index (κ3) is 2.62. The minimum Gasteiger partial charge on any atom is 1.00 e. The average molecular weight is 277 g/mol. The second kappa shape index (κ2) is 4.64. The summed E-state index contributed by atoms with van der Waals surface area (Å²) in [6, 6.07) is 8.25. The van der Waals surface area contributed by atoms with Gasteiger partial charge in [-0.05, 0) is 0 Å². The molecule has 0 amide bonds. The third-order valence-corrected chi connectivity index (χ3v) is 2.63. The van der Waals surface area contributed by atoms with Crippen molar-refractivity contribution in [1.82, 2.24) is 0 Å². The summed E-state index contributed by atoms with van der Waals surface area (Å²) in [6.07, 6.45) is 1.47. The van der Waals surface area contributed by atoms with Gasteiger partial charge in [-0.1, -0.05) is 0 Å². The Morgan fingerprint density at radius 3 is 2.50 bits per heavy atom. The maximum absolute atomic E-state index is 10.2. The summed E-state index contributed by atoms with van der Waals surface area (Å²) in [5.74, 6) is 0. The summed E-state index contributed by atoms with van der Waals surface area (Å²) in [4.78, 5) is 10.2. The van der Waals surface area contributed by atoms with Crippen molar-refractivity contribution in [2.75, 3.05) is 0 Å². The van der Waals surface area contributed by atoms with Crippen LogP contribution in [0.1, 0.15) is 23.4 Å². The van der Waals surface area contributed by atoms with Crippen LogP contribution in [0.2, 0.25) is 0 Å². The molecule has 0 spiro atoms. The first-order chi connectivity index (χ1) is 5.74. The van der Waals surface area contributed by atoms with E-state index in [2.05, 4.69) is 19.1 Å². The Kier molecular flexibility index (Phi) is 3.78. The molecule has 1 atom stereocenters. The molecular weight excluding hydrogens is 264 g/mol. The molecule has 0 aliphatic rings. The van der Waals surface area contributed by atoms with Crippen LogP contribution in [0, 0.1) is 0 Å². The van der Waals surface area contributed by atoms with E-state index in [0.29, 0.717) is 10.4 Å². The summed E-state index contributed by atoms with van der Waals surface area (Å²) in [5, 5.41) is 0. The van der Waals surface area contributed by atoms with Gasteiger partial charge in [0.25, 0.3) is 0 Å². The van der Waals surface area contributed by atoms with Crippen molar-refractivity contribution in [1.29, 1.82) is 0 Å². The van der Waals surface area contributed by atoms with Crippen molar-refractivity contribution in [3.8, 4) is 0 Å². The zero-order valence-corrected chi connectivity index (χ0v) is 9.58. The Labute approximate surface area is 87.6 Å². The summed E-state index contributed by atoms with van der Waals surface area (Å²) in [6.45, 7) is 2.18. The van der Waals surface area contributed by atoms with Gasteiger partial charge in [0.2, 0.25) is 0 Å². The molecule has 0 N–H and O–H groups in total. The maximum Gasteiger partial charge on any atom is 1.00 e. The molecule has 1 aromatic rings. The summed E-state index contributed by atoms with van der Waals surface area (Å²) < 4.78 is 0.615. The fraction of sp³-hybridized carbons (Fsp3) is 0.300. The van der Waals surface area contributed by atoms with Crippen LogP contribution < -0.4 is 0 Å². The van der Waals surface area contributed by atoms with Gasteiger partial charge < -0.3 is 0 Å². The van der Waals surface area contributed by atoms with Crippen LogP contribution in [0.3, 0.4) is 0 Å². The van der Waals surface area contributed by atoms with E-state index in [9.17, 15) is 4.79 Å². The molecule has 0 aliphatic carbocycles. The topological polar surface area (TPSA) is 17.1 Å². The number of rotatable bonds is 3. The molecule has 1 rings (SSSR count). The van der Waals surface area contributed by atoms with Gasteiger partial charge in [-0.3, -0.25) is 0 Å². The Morgan fingerprint density at radius 2 is 2.08 bits per heavy atom. The first-order valence-electron chi connectivity index (χ1n) is 3.94. The van der Waals surface area contributed by atoms with Crippen LogP contribution in [0.15, 0.2) is 24.3 Å². The Balaban J connectivity index is 0.00000144. The summed E-state index contributed by atoms with van der Waals surface area (Å²) in [5.41, 5.74) is 2.44. The monoisotopic (exact) mass is 279 g/mol. The minimum absolute atomic E-state index is 0. The van der Waals surface area contributed by atoms with E-state index >= 15 is 0 Å². The van der Waals surface area contributed by atoms with E-state index in [1.165, 1.54) is 5.56 Å². The van der Waals surface area contributed by atoms with Crippen LogP contribution in [0.5, 0.6) is 0 Å². The summed E-state index contributed by atoms with van der Waals surface area (Å²) in [7, 11) is 0. The van der Waals surface area contributed by atoms with Gasteiger partial charge in [-0.2, -0.15) is 0 Å². The van der Waals surface area contributed by atoms with E-state index in [1.54, 1.807) is 0 Å². The molecular formula is C10H13OTe+. The van der Waals surface area contributed by atoms with E-state index in [-0.39, 0.29) is 1.43 Å². The second-order valence-corrected chi connectivity index (χ2v) is 5.00. The van der Waals surface area contributed by atoms with Crippen molar-refractivity contribution in [2.45, 2.75) is 17.3 Å². The van der Waals surface area contributed by atoms with Crippen molar-refractivity contribution in [2.24, 2.45) is 0 Å². The van der Waals surface area contributed by atoms with Gasteiger partial charge in [0.15, 0.2) is 0 Å². The normalized spacial score (nSPS) is 12.5. The van der Waals surface area contributed by atoms with Crippen molar-refractivity contribution >= 4 is 28.6 Å². The summed E-state index contributed by atoms with van der Waals surface area (Å²) >= 11 is 1.81. The molecule has 0 saturated carbocycles. The first-order valence-corrected chi connectivity index (χ1v) is 5.42. The van der Waals surface area contributed by atoms with Gasteiger partial charge in [-0.15, -0.1) is 0 Å². The predicted octanol–water partition coefficient (Wildman–Crippen LogP) is 1.50. The van der Waals surface area contributed by atoms with Gasteiger partial charge in [0, 0.05) is 0 Å². The SMILES string of the molecule is CC([TeH])c1ccc(CC=O)cc1.[H+]. The third-order valence-electron chi connectivity index (χ3n) is 1.78. The molecule has 2 heteroatoms. The molecule has 0 aromatic heterocycles. The molecule has 0 heterocycles. The quantitative estimate of drug-likeness (QED) is 0.604. The smallest absolute Gasteiger partial charge is 1.00 e. The van der Waals surface area contributed by atoms with Crippen LogP contribution in [0.25, 0.3) is 0 Å². The van der Waals surface area contributed by atoms with Gasteiger partial charge in [0.05, 0.1) is 0 Å². The molecule has 0 saturated heterocycles. The maximum atomic E-state index is 10.2. The molecule has 1 unspecified atom stereocenters. The molecule has 1 aromatic carbocycles. The number of hydrogen-bond acceptors (Lipinski definition) is 1. The van der Waals surface area contributed by atoms with Crippen LogP contribution >= 0.6 is 0 Å². The fourth-order valence-electron chi connectivity index (χ4n) is 1.03. The van der Waals surface area contributed by atoms with Crippen molar-refractivity contribution in [3.63, 3.8) is 0 Å². The number of hydrogen-bond donors (Lipinski definition) is 0. The second-order valence-electron chi connectivity index (χ2n) is 2.79.